The van der Waals surface area contributed by atoms with Crippen molar-refractivity contribution in [2.24, 2.45) is 5.92 Å². The van der Waals surface area contributed by atoms with Crippen LogP contribution in [0.25, 0.3) is 0 Å². The number of hydrogen-bond donors (Lipinski definition) is 2. The minimum atomic E-state index is -0.482. The average molecular weight is 430 g/mol. The van der Waals surface area contributed by atoms with Crippen LogP contribution >= 0.6 is 34.8 Å². The van der Waals surface area contributed by atoms with Crippen molar-refractivity contribution < 1.29 is 9.90 Å². The first-order chi connectivity index (χ1) is 13.0. The third kappa shape index (κ3) is 5.02. The van der Waals surface area contributed by atoms with E-state index in [0.29, 0.717) is 41.8 Å². The fraction of sp³-hybridized carbons (Fsp3) is 0.389. The lowest BCUT2D eigenvalue weighted by Gasteiger charge is -2.33. The lowest BCUT2D eigenvalue weighted by molar-refractivity contribution is -0.126. The molecule has 2 N–H and O–H groups in total. The van der Waals surface area contributed by atoms with Crippen molar-refractivity contribution in [3.05, 3.63) is 51.4 Å². The second-order valence-corrected chi connectivity index (χ2v) is 7.55. The van der Waals surface area contributed by atoms with E-state index in [4.69, 9.17) is 34.8 Å². The summed E-state index contributed by atoms with van der Waals surface area (Å²) in [6.07, 6.45) is 2.77. The molecular formula is C18H19Cl3N4O2. The molecule has 1 saturated heterocycles. The van der Waals surface area contributed by atoms with Crippen molar-refractivity contribution >= 4 is 46.5 Å². The van der Waals surface area contributed by atoms with Crippen molar-refractivity contribution in [1.29, 1.82) is 0 Å². The second-order valence-electron chi connectivity index (χ2n) is 6.37. The van der Waals surface area contributed by atoms with E-state index in [2.05, 4.69) is 15.3 Å². The molecule has 1 atom stereocenters. The van der Waals surface area contributed by atoms with Gasteiger partial charge in [0.15, 0.2) is 5.82 Å². The number of piperidine rings is 1. The maximum atomic E-state index is 12.6. The number of nitrogens with zero attached hydrogens (tertiary/aromatic N) is 3. The number of amides is 1. The molecule has 9 heteroatoms. The molecule has 0 spiro atoms. The van der Waals surface area contributed by atoms with E-state index in [0.717, 1.165) is 5.56 Å². The Morgan fingerprint density at radius 3 is 2.70 bits per heavy atom. The maximum Gasteiger partial charge on any atom is 0.224 e. The van der Waals surface area contributed by atoms with Crippen LogP contribution in [0.15, 0.2) is 30.5 Å². The van der Waals surface area contributed by atoms with Gasteiger partial charge in [-0.15, -0.1) is 0 Å². The fourth-order valence-corrected chi connectivity index (χ4v) is 3.70. The molecule has 1 aliphatic heterocycles. The summed E-state index contributed by atoms with van der Waals surface area (Å²) >= 11 is 18.0. The number of hydrogen-bond acceptors (Lipinski definition) is 5. The van der Waals surface area contributed by atoms with Crippen LogP contribution < -0.4 is 10.2 Å². The lowest BCUT2D eigenvalue weighted by Crippen LogP contribution is -2.42. The molecule has 144 valence electrons. The molecule has 6 nitrogen and oxygen atoms in total. The minimum absolute atomic E-state index is 0.0829. The molecule has 0 bridgehead atoms. The summed E-state index contributed by atoms with van der Waals surface area (Å²) in [5.74, 6) is 0.355. The Kier molecular flexibility index (Phi) is 6.76. The average Bonchev–Trinajstić information content (AvgIpc) is 2.68. The zero-order chi connectivity index (χ0) is 19.4. The molecule has 1 aromatic carbocycles. The number of anilines is 1. The predicted molar refractivity (Wildman–Crippen MR) is 106 cm³/mol. The van der Waals surface area contributed by atoms with Gasteiger partial charge in [-0.3, -0.25) is 4.79 Å². The van der Waals surface area contributed by atoms with Gasteiger partial charge in [0, 0.05) is 24.0 Å². The Bertz CT molecular complexity index is 813. The van der Waals surface area contributed by atoms with E-state index >= 15 is 0 Å². The van der Waals surface area contributed by atoms with Crippen LogP contribution in [0.1, 0.15) is 24.4 Å². The van der Waals surface area contributed by atoms with Crippen LogP contribution in [0, 0.1) is 5.92 Å². The van der Waals surface area contributed by atoms with Gasteiger partial charge < -0.3 is 15.3 Å². The van der Waals surface area contributed by atoms with Crippen LogP contribution in [-0.2, 0) is 4.79 Å². The highest BCUT2D eigenvalue weighted by Crippen LogP contribution is 2.28. The van der Waals surface area contributed by atoms with Crippen molar-refractivity contribution in [1.82, 2.24) is 15.3 Å². The summed E-state index contributed by atoms with van der Waals surface area (Å²) in [4.78, 5) is 22.7. The van der Waals surface area contributed by atoms with Gasteiger partial charge in [-0.05, 0) is 42.1 Å². The van der Waals surface area contributed by atoms with E-state index in [-0.39, 0.29) is 23.7 Å². The molecule has 0 saturated carbocycles. The smallest absolute Gasteiger partial charge is 0.224 e. The third-order valence-electron chi connectivity index (χ3n) is 4.61. The molecule has 3 rings (SSSR count). The predicted octanol–water partition coefficient (Wildman–Crippen LogP) is 3.50. The second kappa shape index (κ2) is 9.06. The van der Waals surface area contributed by atoms with Crippen LogP contribution in [0.4, 0.5) is 5.82 Å². The minimum Gasteiger partial charge on any atom is -0.394 e. The van der Waals surface area contributed by atoms with Gasteiger partial charge >= 0.3 is 0 Å². The molecular weight excluding hydrogens is 411 g/mol. The standard InChI is InChI=1S/C18H19Cl3N4O2/c19-13-3-1-2-12(8-13)15(10-26)23-17(27)11-4-6-25(7-5-11)16-14(20)9-22-18(21)24-16/h1-3,8-9,11,15,26H,4-7,10H2,(H,23,27). The third-order valence-corrected chi connectivity index (χ3v) is 5.30. The SMILES string of the molecule is O=C(NC(CO)c1cccc(Cl)c1)C1CCN(c2nc(Cl)ncc2Cl)CC1. The van der Waals surface area contributed by atoms with Crippen LogP contribution in [-0.4, -0.2) is 40.7 Å². The normalized spacial score (nSPS) is 16.2. The number of nitrogens with one attached hydrogen (secondary N) is 1. The highest BCUT2D eigenvalue weighted by atomic mass is 35.5. The highest BCUT2D eigenvalue weighted by Gasteiger charge is 2.28. The molecule has 2 heterocycles. The van der Waals surface area contributed by atoms with Gasteiger partial charge in [0.05, 0.1) is 18.8 Å². The van der Waals surface area contributed by atoms with E-state index in [1.807, 2.05) is 11.0 Å². The first-order valence-electron chi connectivity index (χ1n) is 8.57. The molecule has 0 radical (unpaired) electrons. The quantitative estimate of drug-likeness (QED) is 0.711. The summed E-state index contributed by atoms with van der Waals surface area (Å²) in [5.41, 5.74) is 0.776. The summed E-state index contributed by atoms with van der Waals surface area (Å²) in [5, 5.41) is 13.7. The van der Waals surface area contributed by atoms with Gasteiger partial charge in [-0.2, -0.15) is 4.98 Å². The summed E-state index contributed by atoms with van der Waals surface area (Å²) < 4.78 is 0. The first kappa shape index (κ1) is 20.1. The van der Waals surface area contributed by atoms with E-state index < -0.39 is 6.04 Å². The van der Waals surface area contributed by atoms with Gasteiger partial charge in [0.2, 0.25) is 11.2 Å². The number of aromatic nitrogens is 2. The number of carbonyl (C=O) groups is 1. The van der Waals surface area contributed by atoms with Crippen molar-refractivity contribution in [3.8, 4) is 0 Å². The Hall–Kier alpha value is -1.60. The molecule has 1 fully saturated rings. The molecule has 0 aliphatic carbocycles. The molecule has 1 amide bonds. The van der Waals surface area contributed by atoms with Crippen LogP contribution in [0.3, 0.4) is 0 Å². The van der Waals surface area contributed by atoms with Gasteiger partial charge in [-0.1, -0.05) is 35.3 Å². The largest absolute Gasteiger partial charge is 0.394 e. The van der Waals surface area contributed by atoms with E-state index in [9.17, 15) is 9.90 Å². The fourth-order valence-electron chi connectivity index (χ4n) is 3.16. The number of halogens is 3. The van der Waals surface area contributed by atoms with Crippen molar-refractivity contribution in [3.63, 3.8) is 0 Å². The Balaban J connectivity index is 1.60. The van der Waals surface area contributed by atoms with Crippen LogP contribution in [0.2, 0.25) is 15.3 Å². The van der Waals surface area contributed by atoms with E-state index in [1.165, 1.54) is 6.20 Å². The highest BCUT2D eigenvalue weighted by molar-refractivity contribution is 6.33. The molecule has 1 unspecified atom stereocenters. The number of benzene rings is 1. The first-order valence-corrected chi connectivity index (χ1v) is 9.71. The van der Waals surface area contributed by atoms with Gasteiger partial charge in [0.25, 0.3) is 0 Å². The maximum absolute atomic E-state index is 12.6. The Labute approximate surface area is 172 Å². The number of aliphatic hydroxyl groups excluding tert-OH is 1. The van der Waals surface area contributed by atoms with E-state index in [1.54, 1.807) is 18.2 Å². The van der Waals surface area contributed by atoms with Gasteiger partial charge in [0.1, 0.15) is 5.02 Å². The lowest BCUT2D eigenvalue weighted by atomic mass is 9.95. The molecule has 27 heavy (non-hydrogen) atoms. The van der Waals surface area contributed by atoms with Crippen molar-refractivity contribution in [2.75, 3.05) is 24.6 Å². The van der Waals surface area contributed by atoms with Crippen LogP contribution in [0.5, 0.6) is 0 Å². The zero-order valence-corrected chi connectivity index (χ0v) is 16.7. The van der Waals surface area contributed by atoms with Gasteiger partial charge in [-0.25, -0.2) is 4.98 Å². The molecule has 1 aromatic heterocycles. The Morgan fingerprint density at radius 2 is 2.04 bits per heavy atom. The number of rotatable bonds is 5. The monoisotopic (exact) mass is 428 g/mol. The Morgan fingerprint density at radius 1 is 1.30 bits per heavy atom. The zero-order valence-electron chi connectivity index (χ0n) is 14.4. The summed E-state index contributed by atoms with van der Waals surface area (Å²) in [6.45, 7) is 1.07. The summed E-state index contributed by atoms with van der Waals surface area (Å²) in [7, 11) is 0. The molecule has 2 aromatic rings. The number of carbonyl (C=O) groups excluding carboxylic acids is 1. The molecule has 1 aliphatic rings. The number of aliphatic hydroxyl groups is 1. The van der Waals surface area contributed by atoms with Crippen molar-refractivity contribution in [2.45, 2.75) is 18.9 Å². The summed E-state index contributed by atoms with van der Waals surface area (Å²) in [6, 6.07) is 6.63. The topological polar surface area (TPSA) is 78.4 Å².